The molecule has 1 amide bonds. The van der Waals surface area contributed by atoms with Crippen molar-refractivity contribution in [2.75, 3.05) is 13.1 Å². The van der Waals surface area contributed by atoms with Crippen LogP contribution in [-0.4, -0.2) is 35.1 Å². The molecule has 0 spiro atoms. The molecule has 1 saturated heterocycles. The zero-order valence-corrected chi connectivity index (χ0v) is 15.3. The van der Waals surface area contributed by atoms with Gasteiger partial charge in [-0.3, -0.25) is 4.79 Å². The summed E-state index contributed by atoms with van der Waals surface area (Å²) in [7, 11) is 0. The third kappa shape index (κ3) is 4.79. The molecule has 0 aromatic heterocycles. The average molecular weight is 371 g/mol. The topological polar surface area (TPSA) is 44.4 Å². The molecule has 0 unspecified atom stereocenters. The van der Waals surface area contributed by atoms with Crippen molar-refractivity contribution in [2.45, 2.75) is 25.4 Å². The fraction of sp³-hybridized carbons (Fsp3) is 0.300. The van der Waals surface area contributed by atoms with E-state index in [1.165, 1.54) is 17.7 Å². The molecule has 26 heavy (non-hydrogen) atoms. The summed E-state index contributed by atoms with van der Waals surface area (Å²) >= 11 is 5.47. The third-order valence-corrected chi connectivity index (χ3v) is 4.92. The minimum absolute atomic E-state index is 0.0373. The van der Waals surface area contributed by atoms with Gasteiger partial charge in [-0.15, -0.1) is 0 Å². The van der Waals surface area contributed by atoms with Gasteiger partial charge in [0.2, 0.25) is 0 Å². The van der Waals surface area contributed by atoms with Gasteiger partial charge in [0.1, 0.15) is 5.82 Å². The second-order valence-electron chi connectivity index (χ2n) is 6.36. The molecule has 4 nitrogen and oxygen atoms in total. The standard InChI is InChI=1S/C20H22FN3OS/c21-18-9-5-4-8-17(18)19(25)23-16-10-12-24(13-11-16)20(26)22-14-15-6-2-1-3-7-15/h1-9,16H,10-14H2,(H,22,26)(H,23,25). The number of carbonyl (C=O) groups excluding carboxylic acids is 1. The first-order valence-corrected chi connectivity index (χ1v) is 9.16. The Hall–Kier alpha value is -2.47. The monoisotopic (exact) mass is 371 g/mol. The normalized spacial score (nSPS) is 14.7. The second-order valence-corrected chi connectivity index (χ2v) is 6.75. The number of halogens is 1. The Morgan fingerprint density at radius 1 is 1.08 bits per heavy atom. The lowest BCUT2D eigenvalue weighted by Crippen LogP contribution is -2.49. The van der Waals surface area contributed by atoms with Gasteiger partial charge in [0.25, 0.3) is 5.91 Å². The van der Waals surface area contributed by atoms with E-state index in [9.17, 15) is 9.18 Å². The first kappa shape index (κ1) is 18.3. The minimum atomic E-state index is -0.492. The summed E-state index contributed by atoms with van der Waals surface area (Å²) in [5.74, 6) is -0.847. The molecule has 0 radical (unpaired) electrons. The van der Waals surface area contributed by atoms with Crippen LogP contribution in [0.4, 0.5) is 4.39 Å². The second kappa shape index (κ2) is 8.76. The number of nitrogens with zero attached hydrogens (tertiary/aromatic N) is 1. The fourth-order valence-electron chi connectivity index (χ4n) is 3.02. The molecule has 2 N–H and O–H groups in total. The van der Waals surface area contributed by atoms with Gasteiger partial charge in [0, 0.05) is 25.7 Å². The average Bonchev–Trinajstić information content (AvgIpc) is 2.68. The summed E-state index contributed by atoms with van der Waals surface area (Å²) < 4.78 is 13.7. The highest BCUT2D eigenvalue weighted by atomic mass is 32.1. The number of hydrogen-bond acceptors (Lipinski definition) is 2. The van der Waals surface area contributed by atoms with Gasteiger partial charge >= 0.3 is 0 Å². The minimum Gasteiger partial charge on any atom is -0.358 e. The van der Waals surface area contributed by atoms with Crippen LogP contribution in [0.5, 0.6) is 0 Å². The Bertz CT molecular complexity index is 761. The number of hydrogen-bond donors (Lipinski definition) is 2. The number of thiocarbonyl (C=S) groups is 1. The fourth-order valence-corrected chi connectivity index (χ4v) is 3.28. The maximum atomic E-state index is 13.7. The number of piperidine rings is 1. The van der Waals surface area contributed by atoms with Crippen LogP contribution in [-0.2, 0) is 6.54 Å². The summed E-state index contributed by atoms with van der Waals surface area (Å²) in [6, 6.07) is 16.2. The van der Waals surface area contributed by atoms with Crippen LogP contribution in [0.3, 0.4) is 0 Å². The van der Waals surface area contributed by atoms with E-state index >= 15 is 0 Å². The van der Waals surface area contributed by atoms with Crippen molar-refractivity contribution in [3.05, 3.63) is 71.5 Å². The van der Waals surface area contributed by atoms with E-state index < -0.39 is 5.82 Å². The predicted molar refractivity (Wildman–Crippen MR) is 104 cm³/mol. The molecule has 3 rings (SSSR count). The van der Waals surface area contributed by atoms with E-state index in [1.807, 2.05) is 18.2 Å². The number of amides is 1. The Kier molecular flexibility index (Phi) is 6.17. The van der Waals surface area contributed by atoms with Gasteiger partial charge in [-0.1, -0.05) is 42.5 Å². The molecular formula is C20H22FN3OS. The van der Waals surface area contributed by atoms with Gasteiger partial charge in [-0.25, -0.2) is 4.39 Å². The van der Waals surface area contributed by atoms with Gasteiger partial charge < -0.3 is 15.5 Å². The zero-order valence-electron chi connectivity index (χ0n) is 14.5. The maximum Gasteiger partial charge on any atom is 0.254 e. The molecule has 6 heteroatoms. The van der Waals surface area contributed by atoms with Gasteiger partial charge in [-0.2, -0.15) is 0 Å². The van der Waals surface area contributed by atoms with Crippen LogP contribution < -0.4 is 10.6 Å². The van der Waals surface area contributed by atoms with E-state index in [1.54, 1.807) is 12.1 Å². The number of carbonyl (C=O) groups is 1. The molecule has 1 aliphatic heterocycles. The number of benzene rings is 2. The lowest BCUT2D eigenvalue weighted by Gasteiger charge is -2.34. The van der Waals surface area contributed by atoms with Crippen molar-refractivity contribution in [1.82, 2.24) is 15.5 Å². The van der Waals surface area contributed by atoms with Crippen LogP contribution in [0, 0.1) is 5.82 Å². The first-order chi connectivity index (χ1) is 12.6. The van der Waals surface area contributed by atoms with Crippen LogP contribution in [0.25, 0.3) is 0 Å². The molecule has 0 aliphatic carbocycles. The zero-order chi connectivity index (χ0) is 18.4. The summed E-state index contributed by atoms with van der Waals surface area (Å²) in [5.41, 5.74) is 1.27. The molecule has 136 valence electrons. The van der Waals surface area contributed by atoms with E-state index in [4.69, 9.17) is 12.2 Å². The quantitative estimate of drug-likeness (QED) is 0.811. The van der Waals surface area contributed by atoms with Gasteiger partial charge in [0.05, 0.1) is 5.56 Å². The Morgan fingerprint density at radius 3 is 2.42 bits per heavy atom. The summed E-state index contributed by atoms with van der Waals surface area (Å²) in [5, 5.41) is 6.93. The van der Waals surface area contributed by atoms with Gasteiger partial charge in [0.15, 0.2) is 5.11 Å². The SMILES string of the molecule is O=C(NC1CCN(C(=S)NCc2ccccc2)CC1)c1ccccc1F. The highest BCUT2D eigenvalue weighted by Gasteiger charge is 2.23. The number of rotatable bonds is 4. The lowest BCUT2D eigenvalue weighted by molar-refractivity contribution is 0.0918. The Morgan fingerprint density at radius 2 is 1.73 bits per heavy atom. The first-order valence-electron chi connectivity index (χ1n) is 8.75. The summed E-state index contributed by atoms with van der Waals surface area (Å²) in [4.78, 5) is 14.3. The smallest absolute Gasteiger partial charge is 0.254 e. The molecule has 1 aliphatic rings. The third-order valence-electron chi connectivity index (χ3n) is 4.52. The molecule has 2 aromatic carbocycles. The van der Waals surface area contributed by atoms with Crippen molar-refractivity contribution in [3.63, 3.8) is 0 Å². The Labute approximate surface area is 158 Å². The number of nitrogens with one attached hydrogen (secondary N) is 2. The lowest BCUT2D eigenvalue weighted by atomic mass is 10.0. The molecule has 1 fully saturated rings. The molecule has 0 saturated carbocycles. The van der Waals surface area contributed by atoms with Crippen LogP contribution in [0.2, 0.25) is 0 Å². The van der Waals surface area contributed by atoms with Crippen molar-refractivity contribution in [3.8, 4) is 0 Å². The number of likely N-dealkylation sites (tertiary alicyclic amines) is 1. The van der Waals surface area contributed by atoms with Gasteiger partial charge in [-0.05, 0) is 42.8 Å². The highest BCUT2D eigenvalue weighted by molar-refractivity contribution is 7.80. The highest BCUT2D eigenvalue weighted by Crippen LogP contribution is 2.13. The molecular weight excluding hydrogens is 349 g/mol. The predicted octanol–water partition coefficient (Wildman–Crippen LogP) is 3.09. The van der Waals surface area contributed by atoms with Crippen molar-refractivity contribution < 1.29 is 9.18 Å². The van der Waals surface area contributed by atoms with Crippen LogP contribution in [0.1, 0.15) is 28.8 Å². The molecule has 0 bridgehead atoms. The van der Waals surface area contributed by atoms with Crippen LogP contribution in [0.15, 0.2) is 54.6 Å². The van der Waals surface area contributed by atoms with E-state index in [-0.39, 0.29) is 17.5 Å². The Balaban J connectivity index is 1.44. The van der Waals surface area contributed by atoms with Crippen molar-refractivity contribution >= 4 is 23.2 Å². The molecule has 2 aromatic rings. The molecule has 0 atom stereocenters. The van der Waals surface area contributed by atoms with Crippen molar-refractivity contribution in [2.24, 2.45) is 0 Å². The van der Waals surface area contributed by atoms with Crippen molar-refractivity contribution in [1.29, 1.82) is 0 Å². The molecule has 1 heterocycles. The summed E-state index contributed by atoms with van der Waals surface area (Å²) in [6.07, 6.45) is 1.57. The van der Waals surface area contributed by atoms with E-state index in [2.05, 4.69) is 27.7 Å². The van der Waals surface area contributed by atoms with E-state index in [0.717, 1.165) is 31.0 Å². The largest absolute Gasteiger partial charge is 0.358 e. The maximum absolute atomic E-state index is 13.7. The van der Waals surface area contributed by atoms with E-state index in [0.29, 0.717) is 6.54 Å². The summed E-state index contributed by atoms with van der Waals surface area (Å²) in [6.45, 7) is 2.23. The van der Waals surface area contributed by atoms with Crippen LogP contribution >= 0.6 is 12.2 Å².